The molecule has 0 spiro atoms. The molecule has 0 aliphatic rings. The summed E-state index contributed by atoms with van der Waals surface area (Å²) in [5.41, 5.74) is 3.51. The van der Waals surface area contributed by atoms with E-state index in [2.05, 4.69) is 0 Å². The van der Waals surface area contributed by atoms with Gasteiger partial charge in [-0.25, -0.2) is 9.67 Å². The van der Waals surface area contributed by atoms with Crippen LogP contribution in [0.3, 0.4) is 0 Å². The van der Waals surface area contributed by atoms with Crippen LogP contribution in [0, 0.1) is 6.92 Å². The Labute approximate surface area is 192 Å². The highest BCUT2D eigenvalue weighted by molar-refractivity contribution is 7.85. The molecule has 0 N–H and O–H groups in total. The van der Waals surface area contributed by atoms with E-state index in [9.17, 15) is 13.2 Å². The average Bonchev–Trinajstić information content (AvgIpc) is 3.05. The first-order valence-electron chi connectivity index (χ1n) is 10.4. The molecule has 0 bridgehead atoms. The van der Waals surface area contributed by atoms with Gasteiger partial charge < -0.3 is 4.74 Å². The quantitative estimate of drug-likeness (QED) is 0.370. The maximum atomic E-state index is 13.5. The Morgan fingerprint density at radius 2 is 1.73 bits per heavy atom. The smallest absolute Gasteiger partial charge is 0.281 e. The highest BCUT2D eigenvalue weighted by atomic mass is 32.2. The molecule has 0 aliphatic heterocycles. The minimum atomic E-state index is -3.54. The third-order valence-electron chi connectivity index (χ3n) is 5.29. The fourth-order valence-corrected chi connectivity index (χ4v) is 4.17. The summed E-state index contributed by atoms with van der Waals surface area (Å²) in [6.07, 6.45) is 1.32. The van der Waals surface area contributed by atoms with E-state index < -0.39 is 10.1 Å². The van der Waals surface area contributed by atoms with Crippen molar-refractivity contribution in [3.63, 3.8) is 0 Å². The molecule has 0 fully saturated rings. The van der Waals surface area contributed by atoms with E-state index in [-0.39, 0.29) is 12.2 Å². The maximum absolute atomic E-state index is 13.5. The number of methoxy groups -OCH3 is 1. The molecule has 4 aromatic rings. The predicted molar refractivity (Wildman–Crippen MR) is 127 cm³/mol. The van der Waals surface area contributed by atoms with Gasteiger partial charge in [-0.05, 0) is 48.4 Å². The molecule has 4 rings (SSSR count). The first-order valence-corrected chi connectivity index (χ1v) is 12.2. The number of ether oxygens (including phenoxy) is 1. The lowest BCUT2D eigenvalue weighted by Gasteiger charge is -2.13. The van der Waals surface area contributed by atoms with Crippen LogP contribution in [0.25, 0.3) is 16.7 Å². The molecule has 0 radical (unpaired) electrons. The second kappa shape index (κ2) is 9.21. The normalized spacial score (nSPS) is 11.7. The predicted octanol–water partition coefficient (Wildman–Crippen LogP) is 3.07. The van der Waals surface area contributed by atoms with Crippen molar-refractivity contribution in [1.29, 1.82) is 0 Å². The molecular formula is C24H25N3O5S. The number of rotatable bonds is 8. The molecule has 0 saturated heterocycles. The number of hydrogen-bond acceptors (Lipinski definition) is 6. The molecule has 9 heteroatoms. The van der Waals surface area contributed by atoms with Crippen LogP contribution in [-0.2, 0) is 27.3 Å². The van der Waals surface area contributed by atoms with Gasteiger partial charge >= 0.3 is 0 Å². The van der Waals surface area contributed by atoms with Crippen LogP contribution < -0.4 is 10.3 Å². The van der Waals surface area contributed by atoms with E-state index in [1.165, 1.54) is 0 Å². The van der Waals surface area contributed by atoms with E-state index in [1.54, 1.807) is 11.8 Å². The molecule has 8 nitrogen and oxygen atoms in total. The monoisotopic (exact) mass is 467 g/mol. The van der Waals surface area contributed by atoms with Crippen LogP contribution >= 0.6 is 0 Å². The Bertz CT molecular complexity index is 1440. The standard InChI is InChI=1S/C24H25N3O5S/c1-17-15-19(13-14-32-33(3,29)30)25-23-22(17)24(28)27(20-7-5-4-6-8-20)26(23)16-18-9-11-21(31-2)12-10-18/h4-12,15H,13-14,16H2,1-3H3. The van der Waals surface area contributed by atoms with Crippen molar-refractivity contribution in [3.05, 3.63) is 87.8 Å². The van der Waals surface area contributed by atoms with Crippen molar-refractivity contribution in [3.8, 4) is 11.4 Å². The van der Waals surface area contributed by atoms with Crippen LogP contribution in [0.5, 0.6) is 5.75 Å². The van der Waals surface area contributed by atoms with Gasteiger partial charge in [0.25, 0.3) is 15.7 Å². The molecule has 172 valence electrons. The second-order valence-corrected chi connectivity index (χ2v) is 9.41. The minimum absolute atomic E-state index is 0.0150. The van der Waals surface area contributed by atoms with Gasteiger partial charge in [0.2, 0.25) is 0 Å². The third-order valence-corrected chi connectivity index (χ3v) is 5.89. The minimum Gasteiger partial charge on any atom is -0.497 e. The first-order chi connectivity index (χ1) is 15.8. The summed E-state index contributed by atoms with van der Waals surface area (Å²) in [6.45, 7) is 2.26. The van der Waals surface area contributed by atoms with Crippen molar-refractivity contribution >= 4 is 21.2 Å². The summed E-state index contributed by atoms with van der Waals surface area (Å²) in [5, 5.41) is 0.528. The number of benzene rings is 2. The topological polar surface area (TPSA) is 92.4 Å². The van der Waals surface area contributed by atoms with Crippen molar-refractivity contribution in [2.75, 3.05) is 20.0 Å². The molecule has 0 saturated carbocycles. The Kier molecular flexibility index (Phi) is 6.35. The highest BCUT2D eigenvalue weighted by Crippen LogP contribution is 2.21. The molecule has 33 heavy (non-hydrogen) atoms. The van der Waals surface area contributed by atoms with Crippen molar-refractivity contribution < 1.29 is 17.3 Å². The molecule has 0 aliphatic carbocycles. The zero-order chi connectivity index (χ0) is 23.6. The molecule has 2 heterocycles. The van der Waals surface area contributed by atoms with E-state index in [0.29, 0.717) is 29.7 Å². The fraction of sp³-hybridized carbons (Fsp3) is 0.250. The third kappa shape index (κ3) is 4.99. The summed E-state index contributed by atoms with van der Waals surface area (Å²) in [6, 6.07) is 18.9. The number of hydrogen-bond donors (Lipinski definition) is 0. The lowest BCUT2D eigenvalue weighted by atomic mass is 10.1. The Balaban J connectivity index is 1.85. The summed E-state index contributed by atoms with van der Waals surface area (Å²) in [7, 11) is -1.92. The second-order valence-electron chi connectivity index (χ2n) is 7.76. The van der Waals surface area contributed by atoms with Crippen molar-refractivity contribution in [1.82, 2.24) is 14.3 Å². The fourth-order valence-electron chi connectivity index (χ4n) is 3.78. The SMILES string of the molecule is COc1ccc(Cn2c3nc(CCOS(C)(=O)=O)cc(C)c3c(=O)n2-c2ccccc2)cc1. The zero-order valence-corrected chi connectivity index (χ0v) is 19.5. The van der Waals surface area contributed by atoms with Gasteiger partial charge in [-0.2, -0.15) is 8.42 Å². The Hall–Kier alpha value is -3.43. The number of pyridine rings is 1. The summed E-state index contributed by atoms with van der Waals surface area (Å²) in [5.74, 6) is 0.749. The maximum Gasteiger partial charge on any atom is 0.281 e. The summed E-state index contributed by atoms with van der Waals surface area (Å²) >= 11 is 0. The van der Waals surface area contributed by atoms with Gasteiger partial charge in [-0.3, -0.25) is 13.7 Å². The molecule has 2 aromatic heterocycles. The van der Waals surface area contributed by atoms with E-state index in [4.69, 9.17) is 13.9 Å². The van der Waals surface area contributed by atoms with Crippen LogP contribution in [-0.4, -0.2) is 42.7 Å². The number of aromatic nitrogens is 3. The Morgan fingerprint density at radius 3 is 2.36 bits per heavy atom. The van der Waals surface area contributed by atoms with Gasteiger partial charge in [0.15, 0.2) is 5.65 Å². The number of aryl methyl sites for hydroxylation is 1. The molecule has 0 amide bonds. The van der Waals surface area contributed by atoms with E-state index in [0.717, 1.165) is 28.8 Å². The van der Waals surface area contributed by atoms with Gasteiger partial charge in [0.1, 0.15) is 5.75 Å². The van der Waals surface area contributed by atoms with Crippen LogP contribution in [0.4, 0.5) is 0 Å². The van der Waals surface area contributed by atoms with E-state index in [1.807, 2.05) is 72.3 Å². The molecular weight excluding hydrogens is 442 g/mol. The van der Waals surface area contributed by atoms with Gasteiger partial charge in [-0.1, -0.05) is 30.3 Å². The lowest BCUT2D eigenvalue weighted by Crippen LogP contribution is -2.21. The van der Waals surface area contributed by atoms with Gasteiger partial charge in [0, 0.05) is 12.1 Å². The van der Waals surface area contributed by atoms with Crippen LogP contribution in [0.1, 0.15) is 16.8 Å². The van der Waals surface area contributed by atoms with Crippen LogP contribution in [0.15, 0.2) is 65.5 Å². The number of nitrogens with zero attached hydrogens (tertiary/aromatic N) is 3. The van der Waals surface area contributed by atoms with Crippen molar-refractivity contribution in [2.45, 2.75) is 19.9 Å². The number of fused-ring (bicyclic) bond motifs is 1. The first kappa shape index (κ1) is 22.8. The van der Waals surface area contributed by atoms with E-state index >= 15 is 0 Å². The largest absolute Gasteiger partial charge is 0.497 e. The molecule has 0 atom stereocenters. The summed E-state index contributed by atoms with van der Waals surface area (Å²) < 4.78 is 36.2. The van der Waals surface area contributed by atoms with Gasteiger partial charge in [-0.15, -0.1) is 0 Å². The average molecular weight is 468 g/mol. The lowest BCUT2D eigenvalue weighted by molar-refractivity contribution is 0.324. The summed E-state index contributed by atoms with van der Waals surface area (Å²) in [4.78, 5) is 18.2. The molecule has 0 unspecified atom stereocenters. The van der Waals surface area contributed by atoms with Crippen molar-refractivity contribution in [2.24, 2.45) is 0 Å². The van der Waals surface area contributed by atoms with Crippen LogP contribution in [0.2, 0.25) is 0 Å². The Morgan fingerprint density at radius 1 is 1.03 bits per heavy atom. The zero-order valence-electron chi connectivity index (χ0n) is 18.7. The highest BCUT2D eigenvalue weighted by Gasteiger charge is 2.19. The number of para-hydroxylation sites is 1. The van der Waals surface area contributed by atoms with Gasteiger partial charge in [0.05, 0.1) is 37.6 Å². The molecule has 2 aromatic carbocycles.